The topological polar surface area (TPSA) is 83.0 Å². The first-order chi connectivity index (χ1) is 7.56. The summed E-state index contributed by atoms with van der Waals surface area (Å²) < 4.78 is 0. The van der Waals surface area contributed by atoms with Gasteiger partial charge in [-0.05, 0) is 19.1 Å². The zero-order chi connectivity index (χ0) is 12.1. The van der Waals surface area contributed by atoms with E-state index in [1.807, 2.05) is 0 Å². The molecular formula is C11H14N4O. The van der Waals surface area contributed by atoms with Crippen molar-refractivity contribution in [3.8, 4) is 6.07 Å². The average molecular weight is 218 g/mol. The monoisotopic (exact) mass is 218 g/mol. The van der Waals surface area contributed by atoms with Crippen molar-refractivity contribution in [1.29, 1.82) is 5.26 Å². The molecule has 0 bridgehead atoms. The van der Waals surface area contributed by atoms with Gasteiger partial charge in [0, 0.05) is 19.8 Å². The Labute approximate surface area is 94.5 Å². The summed E-state index contributed by atoms with van der Waals surface area (Å²) in [5.74, 6) is -0.205. The van der Waals surface area contributed by atoms with E-state index in [4.69, 9.17) is 11.0 Å². The highest BCUT2D eigenvalue weighted by molar-refractivity contribution is 5.98. The van der Waals surface area contributed by atoms with Crippen LogP contribution in [0.2, 0.25) is 0 Å². The van der Waals surface area contributed by atoms with E-state index in [0.717, 1.165) is 0 Å². The van der Waals surface area contributed by atoms with Crippen molar-refractivity contribution in [3.63, 3.8) is 0 Å². The summed E-state index contributed by atoms with van der Waals surface area (Å²) in [6.45, 7) is 2.14. The van der Waals surface area contributed by atoms with Crippen molar-refractivity contribution in [2.24, 2.45) is 5.92 Å². The molecule has 0 spiro atoms. The summed E-state index contributed by atoms with van der Waals surface area (Å²) in [5.41, 5.74) is 5.97. The molecule has 0 aliphatic rings. The Kier molecular flexibility index (Phi) is 3.84. The minimum Gasteiger partial charge on any atom is -0.383 e. The second-order valence-electron chi connectivity index (χ2n) is 3.65. The van der Waals surface area contributed by atoms with E-state index in [1.165, 1.54) is 11.1 Å². The number of anilines is 1. The van der Waals surface area contributed by atoms with Gasteiger partial charge in [-0.15, -0.1) is 0 Å². The normalized spacial score (nSPS) is 11.6. The van der Waals surface area contributed by atoms with Gasteiger partial charge in [0.25, 0.3) is 5.91 Å². The van der Waals surface area contributed by atoms with Crippen LogP contribution in [0.5, 0.6) is 0 Å². The number of amides is 1. The second kappa shape index (κ2) is 5.12. The van der Waals surface area contributed by atoms with Gasteiger partial charge in [0.15, 0.2) is 0 Å². The lowest BCUT2D eigenvalue weighted by atomic mass is 10.1. The summed E-state index contributed by atoms with van der Waals surface area (Å²) in [6, 6.07) is 5.36. The van der Waals surface area contributed by atoms with Crippen LogP contribution in [0.3, 0.4) is 0 Å². The molecule has 5 nitrogen and oxygen atoms in total. The van der Waals surface area contributed by atoms with Gasteiger partial charge in [-0.3, -0.25) is 4.79 Å². The Morgan fingerprint density at radius 2 is 2.44 bits per heavy atom. The molecule has 16 heavy (non-hydrogen) atoms. The number of nitriles is 1. The number of nitrogens with two attached hydrogens (primary N) is 1. The standard InChI is InChI=1S/C11H14N4O/c1-8(6-12)7-15(2)11(16)9-4-3-5-14-10(9)13/h3-5,8H,7H2,1-2H3,(H2,13,14). The Morgan fingerprint density at radius 3 is 3.00 bits per heavy atom. The Bertz CT molecular complexity index is 424. The second-order valence-corrected chi connectivity index (χ2v) is 3.65. The minimum atomic E-state index is -0.215. The van der Waals surface area contributed by atoms with Crippen LogP contribution in [0.4, 0.5) is 5.82 Å². The molecule has 0 saturated heterocycles. The summed E-state index contributed by atoms with van der Waals surface area (Å²) in [4.78, 5) is 17.2. The van der Waals surface area contributed by atoms with E-state index < -0.39 is 0 Å². The molecule has 1 unspecified atom stereocenters. The number of nitrogens with zero attached hydrogens (tertiary/aromatic N) is 3. The lowest BCUT2D eigenvalue weighted by Crippen LogP contribution is -2.31. The number of pyridine rings is 1. The van der Waals surface area contributed by atoms with E-state index >= 15 is 0 Å². The molecule has 1 aromatic heterocycles. The molecule has 5 heteroatoms. The summed E-state index contributed by atoms with van der Waals surface area (Å²) >= 11 is 0. The fourth-order valence-electron chi connectivity index (χ4n) is 1.34. The predicted octanol–water partition coefficient (Wildman–Crippen LogP) is 0.895. The van der Waals surface area contributed by atoms with Crippen molar-refractivity contribution in [3.05, 3.63) is 23.9 Å². The predicted molar refractivity (Wildman–Crippen MR) is 60.4 cm³/mol. The Hall–Kier alpha value is -2.09. The van der Waals surface area contributed by atoms with Crippen LogP contribution < -0.4 is 5.73 Å². The Morgan fingerprint density at radius 1 is 1.75 bits per heavy atom. The van der Waals surface area contributed by atoms with Crippen LogP contribution in [0, 0.1) is 17.2 Å². The molecule has 1 amide bonds. The summed E-state index contributed by atoms with van der Waals surface area (Å²) in [5, 5.41) is 8.67. The Balaban J connectivity index is 2.80. The molecule has 0 radical (unpaired) electrons. The van der Waals surface area contributed by atoms with E-state index in [1.54, 1.807) is 26.1 Å². The van der Waals surface area contributed by atoms with Crippen molar-refractivity contribution >= 4 is 11.7 Å². The SMILES string of the molecule is CC(C#N)CN(C)C(=O)c1cccnc1N. The molecule has 1 aromatic rings. The molecule has 0 aliphatic carbocycles. The minimum absolute atomic E-state index is 0.202. The van der Waals surface area contributed by atoms with E-state index in [0.29, 0.717) is 12.1 Å². The van der Waals surface area contributed by atoms with E-state index in [2.05, 4.69) is 11.1 Å². The lowest BCUT2D eigenvalue weighted by molar-refractivity contribution is 0.0786. The van der Waals surface area contributed by atoms with Crippen molar-refractivity contribution in [2.75, 3.05) is 19.3 Å². The highest BCUT2D eigenvalue weighted by atomic mass is 16.2. The lowest BCUT2D eigenvalue weighted by Gasteiger charge is -2.18. The average Bonchev–Trinajstić information content (AvgIpc) is 2.28. The first-order valence-corrected chi connectivity index (χ1v) is 4.91. The summed E-state index contributed by atoms with van der Waals surface area (Å²) in [7, 11) is 1.64. The number of hydrogen-bond acceptors (Lipinski definition) is 4. The molecule has 0 fully saturated rings. The molecule has 1 rings (SSSR count). The highest BCUT2D eigenvalue weighted by Crippen LogP contribution is 2.10. The van der Waals surface area contributed by atoms with Gasteiger partial charge in [-0.25, -0.2) is 4.98 Å². The van der Waals surface area contributed by atoms with Crippen LogP contribution in [-0.2, 0) is 0 Å². The van der Waals surface area contributed by atoms with E-state index in [9.17, 15) is 4.79 Å². The van der Waals surface area contributed by atoms with Crippen molar-refractivity contribution in [2.45, 2.75) is 6.92 Å². The number of nitrogen functional groups attached to an aromatic ring is 1. The number of rotatable bonds is 3. The molecule has 0 aromatic carbocycles. The van der Waals surface area contributed by atoms with Gasteiger partial charge in [-0.2, -0.15) is 5.26 Å². The van der Waals surface area contributed by atoms with Gasteiger partial charge < -0.3 is 10.6 Å². The number of carbonyl (C=O) groups excluding carboxylic acids is 1. The third-order valence-corrected chi connectivity index (χ3v) is 2.18. The van der Waals surface area contributed by atoms with Crippen LogP contribution in [-0.4, -0.2) is 29.4 Å². The molecule has 84 valence electrons. The molecule has 1 atom stereocenters. The van der Waals surface area contributed by atoms with Crippen molar-refractivity contribution in [1.82, 2.24) is 9.88 Å². The highest BCUT2D eigenvalue weighted by Gasteiger charge is 2.16. The van der Waals surface area contributed by atoms with E-state index in [-0.39, 0.29) is 17.6 Å². The van der Waals surface area contributed by atoms with Crippen LogP contribution in [0.15, 0.2) is 18.3 Å². The quantitative estimate of drug-likeness (QED) is 0.816. The van der Waals surface area contributed by atoms with Crippen LogP contribution in [0.1, 0.15) is 17.3 Å². The number of carbonyl (C=O) groups is 1. The van der Waals surface area contributed by atoms with Crippen LogP contribution >= 0.6 is 0 Å². The van der Waals surface area contributed by atoms with Crippen LogP contribution in [0.25, 0.3) is 0 Å². The number of hydrogen-bond donors (Lipinski definition) is 1. The zero-order valence-corrected chi connectivity index (χ0v) is 9.34. The fourth-order valence-corrected chi connectivity index (χ4v) is 1.34. The van der Waals surface area contributed by atoms with Gasteiger partial charge >= 0.3 is 0 Å². The summed E-state index contributed by atoms with van der Waals surface area (Å²) in [6.07, 6.45) is 1.53. The van der Waals surface area contributed by atoms with Gasteiger partial charge in [-0.1, -0.05) is 0 Å². The third kappa shape index (κ3) is 2.70. The molecule has 0 saturated carbocycles. The molecule has 2 N–H and O–H groups in total. The first-order valence-electron chi connectivity index (χ1n) is 4.91. The zero-order valence-electron chi connectivity index (χ0n) is 9.34. The van der Waals surface area contributed by atoms with Gasteiger partial charge in [0.05, 0.1) is 17.6 Å². The fraction of sp³-hybridized carbons (Fsp3) is 0.364. The van der Waals surface area contributed by atoms with Crippen molar-refractivity contribution < 1.29 is 4.79 Å². The smallest absolute Gasteiger partial charge is 0.257 e. The first kappa shape index (κ1) is 12.0. The largest absolute Gasteiger partial charge is 0.383 e. The third-order valence-electron chi connectivity index (χ3n) is 2.18. The molecular weight excluding hydrogens is 204 g/mol. The molecule has 1 heterocycles. The maximum atomic E-state index is 11.9. The maximum absolute atomic E-state index is 11.9. The number of aromatic nitrogens is 1. The maximum Gasteiger partial charge on any atom is 0.257 e. The molecule has 0 aliphatic heterocycles. The van der Waals surface area contributed by atoms with Gasteiger partial charge in [0.1, 0.15) is 5.82 Å². The van der Waals surface area contributed by atoms with Gasteiger partial charge in [0.2, 0.25) is 0 Å².